The summed E-state index contributed by atoms with van der Waals surface area (Å²) < 4.78 is 18.6. The summed E-state index contributed by atoms with van der Waals surface area (Å²) in [7, 11) is 1.67. The smallest absolute Gasteiger partial charge is 0.278 e. The van der Waals surface area contributed by atoms with Crippen LogP contribution in [0.4, 0.5) is 4.39 Å². The summed E-state index contributed by atoms with van der Waals surface area (Å²) in [4.78, 5) is 16.4. The number of nitrogens with one attached hydrogen (secondary N) is 1. The van der Waals surface area contributed by atoms with Crippen LogP contribution in [0.2, 0.25) is 0 Å². The van der Waals surface area contributed by atoms with Crippen molar-refractivity contribution in [3.05, 3.63) is 65.5 Å². The number of benzene rings is 2. The van der Waals surface area contributed by atoms with Gasteiger partial charge in [-0.2, -0.15) is 0 Å². The number of quaternary nitrogens is 1. The van der Waals surface area contributed by atoms with Crippen LogP contribution in [-0.4, -0.2) is 43.3 Å². The number of ether oxygens (including phenoxy) is 1. The number of halogens is 1. The summed E-state index contributed by atoms with van der Waals surface area (Å²) in [6, 6.07) is 14.6. The highest BCUT2D eigenvalue weighted by atomic mass is 32.2. The zero-order valence-corrected chi connectivity index (χ0v) is 18.2. The molecule has 6 heteroatoms. The first-order valence-electron chi connectivity index (χ1n) is 10.1. The Morgan fingerprint density at radius 3 is 2.72 bits per heavy atom. The van der Waals surface area contributed by atoms with Gasteiger partial charge in [0.05, 0.1) is 13.7 Å². The van der Waals surface area contributed by atoms with Gasteiger partial charge in [0.25, 0.3) is 5.91 Å². The van der Waals surface area contributed by atoms with Crippen LogP contribution in [0.3, 0.4) is 0 Å². The quantitative estimate of drug-likeness (QED) is 0.717. The van der Waals surface area contributed by atoms with Gasteiger partial charge in [-0.25, -0.2) is 4.39 Å². The molecule has 1 amide bonds. The Kier molecular flexibility index (Phi) is 7.56. The number of amides is 1. The Morgan fingerprint density at radius 1 is 1.28 bits per heavy atom. The summed E-state index contributed by atoms with van der Waals surface area (Å²) in [5, 5.41) is -0.0276. The first-order valence-corrected chi connectivity index (χ1v) is 11.1. The van der Waals surface area contributed by atoms with Crippen LogP contribution in [0, 0.1) is 11.7 Å². The Balaban J connectivity index is 1.70. The van der Waals surface area contributed by atoms with Crippen molar-refractivity contribution in [1.82, 2.24) is 4.90 Å². The van der Waals surface area contributed by atoms with Crippen molar-refractivity contribution in [2.75, 3.05) is 32.5 Å². The molecule has 2 aromatic carbocycles. The lowest BCUT2D eigenvalue weighted by atomic mass is 10.1. The van der Waals surface area contributed by atoms with Gasteiger partial charge >= 0.3 is 0 Å². The van der Waals surface area contributed by atoms with E-state index in [1.165, 1.54) is 22.6 Å². The second kappa shape index (κ2) is 10.1. The molecule has 0 aliphatic carbocycles. The van der Waals surface area contributed by atoms with Crippen LogP contribution in [-0.2, 0) is 11.3 Å². The normalized spacial score (nSPS) is 17.6. The molecule has 1 saturated heterocycles. The monoisotopic (exact) mass is 417 g/mol. The van der Waals surface area contributed by atoms with Gasteiger partial charge in [-0.05, 0) is 29.8 Å². The predicted molar refractivity (Wildman–Crippen MR) is 116 cm³/mol. The van der Waals surface area contributed by atoms with Gasteiger partial charge in [0.15, 0.2) is 6.54 Å². The van der Waals surface area contributed by atoms with Crippen molar-refractivity contribution in [3.63, 3.8) is 0 Å². The molecule has 29 heavy (non-hydrogen) atoms. The van der Waals surface area contributed by atoms with Gasteiger partial charge in [0, 0.05) is 23.8 Å². The van der Waals surface area contributed by atoms with Crippen molar-refractivity contribution >= 4 is 17.7 Å². The van der Waals surface area contributed by atoms with Crippen LogP contribution in [0.1, 0.15) is 30.3 Å². The maximum atomic E-state index is 13.3. The van der Waals surface area contributed by atoms with Gasteiger partial charge in [-0.1, -0.05) is 38.1 Å². The third-order valence-corrected chi connectivity index (χ3v) is 6.31. The Labute approximate surface area is 177 Å². The van der Waals surface area contributed by atoms with E-state index in [1.54, 1.807) is 31.0 Å². The van der Waals surface area contributed by atoms with Crippen LogP contribution < -0.4 is 9.64 Å². The molecular weight excluding hydrogens is 387 g/mol. The van der Waals surface area contributed by atoms with Crippen LogP contribution >= 0.6 is 11.8 Å². The van der Waals surface area contributed by atoms with Crippen LogP contribution in [0.5, 0.6) is 5.75 Å². The Morgan fingerprint density at radius 2 is 2.03 bits per heavy atom. The van der Waals surface area contributed by atoms with Crippen molar-refractivity contribution in [2.45, 2.75) is 25.8 Å². The number of nitrogens with zero attached hydrogens (tertiary/aromatic N) is 1. The van der Waals surface area contributed by atoms with E-state index in [-0.39, 0.29) is 17.1 Å². The fourth-order valence-corrected chi connectivity index (χ4v) is 5.08. The Bertz CT molecular complexity index is 813. The molecular formula is C23H30FN2O2S+. The lowest BCUT2D eigenvalue weighted by molar-refractivity contribution is -0.909. The minimum Gasteiger partial charge on any atom is -0.497 e. The average Bonchev–Trinajstić information content (AvgIpc) is 3.18. The summed E-state index contributed by atoms with van der Waals surface area (Å²) in [6.45, 7) is 7.26. The maximum absolute atomic E-state index is 13.3. The van der Waals surface area contributed by atoms with E-state index in [2.05, 4.69) is 19.9 Å². The number of thioether (sulfide) groups is 1. The maximum Gasteiger partial charge on any atom is 0.278 e. The van der Waals surface area contributed by atoms with E-state index in [0.717, 1.165) is 36.7 Å². The number of methoxy groups -OCH3 is 1. The zero-order chi connectivity index (χ0) is 20.8. The molecule has 156 valence electrons. The number of hydrogen-bond acceptors (Lipinski definition) is 3. The molecule has 0 bridgehead atoms. The fraction of sp³-hybridized carbons (Fsp3) is 0.435. The lowest BCUT2D eigenvalue weighted by Crippen LogP contribution is -3.12. The summed E-state index contributed by atoms with van der Waals surface area (Å²) >= 11 is 1.74. The zero-order valence-electron chi connectivity index (χ0n) is 17.4. The molecule has 4 nitrogen and oxygen atoms in total. The standard InChI is InChI=1S/C23H29FN2O2S/c1-17(2)14-25(15-18-5-4-6-21(13-18)28-3)16-22(27)26-11-12-29-23(26)19-7-9-20(24)10-8-19/h4-10,13,17,23H,11-12,14-16H2,1-3H3/p+1/t23-/m1/s1. The first-order chi connectivity index (χ1) is 14.0. The highest BCUT2D eigenvalue weighted by Crippen LogP contribution is 2.37. The molecule has 0 saturated carbocycles. The summed E-state index contributed by atoms with van der Waals surface area (Å²) in [6.07, 6.45) is 0. The van der Waals surface area contributed by atoms with E-state index in [9.17, 15) is 9.18 Å². The molecule has 1 unspecified atom stereocenters. The number of carbonyl (C=O) groups excluding carboxylic acids is 1. The summed E-state index contributed by atoms with van der Waals surface area (Å²) in [5.41, 5.74) is 2.15. The van der Waals surface area contributed by atoms with E-state index in [4.69, 9.17) is 4.74 Å². The van der Waals surface area contributed by atoms with E-state index in [0.29, 0.717) is 12.5 Å². The van der Waals surface area contributed by atoms with E-state index >= 15 is 0 Å². The number of rotatable bonds is 8. The topological polar surface area (TPSA) is 34.0 Å². The Hall–Kier alpha value is -2.05. The van der Waals surface area contributed by atoms with Crippen molar-refractivity contribution in [2.24, 2.45) is 5.92 Å². The van der Waals surface area contributed by atoms with Gasteiger partial charge < -0.3 is 14.5 Å². The predicted octanol–water partition coefficient (Wildman–Crippen LogP) is 3.15. The van der Waals surface area contributed by atoms with Crippen molar-refractivity contribution < 1.29 is 18.8 Å². The minimum atomic E-state index is -0.250. The number of hydrogen-bond donors (Lipinski definition) is 1. The molecule has 1 N–H and O–H groups in total. The third-order valence-electron chi connectivity index (χ3n) is 5.05. The molecule has 2 aromatic rings. The molecule has 2 atom stereocenters. The minimum absolute atomic E-state index is 0.0276. The highest BCUT2D eigenvalue weighted by molar-refractivity contribution is 7.99. The average molecular weight is 418 g/mol. The molecule has 0 spiro atoms. The van der Waals surface area contributed by atoms with E-state index < -0.39 is 0 Å². The molecule has 3 rings (SSSR count). The van der Waals surface area contributed by atoms with Crippen LogP contribution in [0.25, 0.3) is 0 Å². The SMILES string of the molecule is COc1cccc(C[NH+](CC(=O)N2CCS[C@@H]2c2ccc(F)cc2)CC(C)C)c1. The molecule has 1 fully saturated rings. The first kappa shape index (κ1) is 21.7. The van der Waals surface area contributed by atoms with Crippen molar-refractivity contribution in [3.8, 4) is 5.75 Å². The van der Waals surface area contributed by atoms with Gasteiger partial charge in [-0.15, -0.1) is 11.8 Å². The van der Waals surface area contributed by atoms with Crippen LogP contribution in [0.15, 0.2) is 48.5 Å². The fourth-order valence-electron chi connectivity index (χ4n) is 3.80. The van der Waals surface area contributed by atoms with Crippen molar-refractivity contribution in [1.29, 1.82) is 0 Å². The summed E-state index contributed by atoms with van der Waals surface area (Å²) in [5.74, 6) is 2.14. The molecule has 0 aromatic heterocycles. The van der Waals surface area contributed by atoms with Gasteiger partial charge in [0.2, 0.25) is 0 Å². The van der Waals surface area contributed by atoms with Gasteiger partial charge in [-0.3, -0.25) is 4.79 Å². The molecule has 0 radical (unpaired) electrons. The van der Waals surface area contributed by atoms with E-state index in [1.807, 2.05) is 23.1 Å². The molecule has 1 aliphatic rings. The lowest BCUT2D eigenvalue weighted by Gasteiger charge is -2.27. The third kappa shape index (κ3) is 5.97. The second-order valence-electron chi connectivity index (χ2n) is 7.91. The number of carbonyl (C=O) groups is 1. The molecule has 1 heterocycles. The largest absolute Gasteiger partial charge is 0.497 e. The van der Waals surface area contributed by atoms with Gasteiger partial charge in [0.1, 0.15) is 23.5 Å². The second-order valence-corrected chi connectivity index (χ2v) is 9.10. The molecule has 1 aliphatic heterocycles. The highest BCUT2D eigenvalue weighted by Gasteiger charge is 2.32.